The summed E-state index contributed by atoms with van der Waals surface area (Å²) in [5.74, 6) is -0.881. The molecule has 1 atom stereocenters. The van der Waals surface area contributed by atoms with Crippen LogP contribution in [0.15, 0.2) is 36.5 Å². The Kier molecular flexibility index (Phi) is 42.4. The second-order valence-electron chi connectivity index (χ2n) is 15.7. The van der Waals surface area contributed by atoms with Crippen molar-refractivity contribution in [1.29, 1.82) is 0 Å². The van der Waals surface area contributed by atoms with Crippen molar-refractivity contribution in [2.75, 3.05) is 13.2 Å². The number of unbranched alkanes of at least 4 members (excludes halogenated alkanes) is 27. The lowest BCUT2D eigenvalue weighted by molar-refractivity contribution is -0.167. The summed E-state index contributed by atoms with van der Waals surface area (Å²) in [5.41, 5.74) is 0. The van der Waals surface area contributed by atoms with Crippen molar-refractivity contribution in [3.63, 3.8) is 0 Å². The highest BCUT2D eigenvalue weighted by Crippen LogP contribution is 2.15. The maximum absolute atomic E-state index is 12.7. The lowest BCUT2D eigenvalue weighted by Crippen LogP contribution is -2.30. The van der Waals surface area contributed by atoms with E-state index in [1.54, 1.807) is 0 Å². The minimum atomic E-state index is -0.769. The van der Waals surface area contributed by atoms with Crippen LogP contribution in [0.4, 0.5) is 0 Å². The third-order valence-corrected chi connectivity index (χ3v) is 10.2. The molecule has 6 heteroatoms. The van der Waals surface area contributed by atoms with Crippen LogP contribution in [-0.4, -0.2) is 37.2 Å². The molecule has 0 aliphatic carbocycles. The molecule has 320 valence electrons. The predicted molar refractivity (Wildman–Crippen MR) is 233 cm³/mol. The molecule has 0 rings (SSSR count). The SMILES string of the molecule is CC\C=C/C=C\C=C/CCCCCCCCCC(=O)OCC(COC(=O)CCCCCCCCCCCCC)OC(=O)CCCCCCCCCCCCC. The summed E-state index contributed by atoms with van der Waals surface area (Å²) in [6.07, 6.45) is 49.8. The zero-order chi connectivity index (χ0) is 40.1. The highest BCUT2D eigenvalue weighted by molar-refractivity contribution is 5.71. The number of hydrogen-bond donors (Lipinski definition) is 0. The standard InChI is InChI=1S/C49H88O6/c1-4-7-10-13-16-19-22-23-24-25-28-30-33-36-39-42-48(51)54-45-46(55-49(52)43-40-37-34-31-27-21-18-15-12-9-6-3)44-53-47(50)41-38-35-32-29-26-20-17-14-11-8-5-2/h7,10,13,16,19,22,46H,4-6,8-9,11-12,14-15,17-18,20-21,23-45H2,1-3H3/b10-7-,16-13-,22-19-. The van der Waals surface area contributed by atoms with Crippen molar-refractivity contribution in [1.82, 2.24) is 0 Å². The Bertz CT molecular complexity index is 938. The molecule has 0 N–H and O–H groups in total. The number of hydrogen-bond acceptors (Lipinski definition) is 6. The fourth-order valence-electron chi connectivity index (χ4n) is 6.68. The normalized spacial score (nSPS) is 12.3. The quantitative estimate of drug-likeness (QED) is 0.0266. The fourth-order valence-corrected chi connectivity index (χ4v) is 6.68. The van der Waals surface area contributed by atoms with Crippen LogP contribution in [0.2, 0.25) is 0 Å². The maximum atomic E-state index is 12.7. The molecular formula is C49H88O6. The predicted octanol–water partition coefficient (Wildman–Crippen LogP) is 15.0. The summed E-state index contributed by atoms with van der Waals surface area (Å²) >= 11 is 0. The monoisotopic (exact) mass is 773 g/mol. The Morgan fingerprint density at radius 1 is 0.382 bits per heavy atom. The summed E-state index contributed by atoms with van der Waals surface area (Å²) in [4.78, 5) is 37.7. The molecular weight excluding hydrogens is 685 g/mol. The van der Waals surface area contributed by atoms with Gasteiger partial charge in [-0.25, -0.2) is 0 Å². The molecule has 0 aromatic rings. The van der Waals surface area contributed by atoms with E-state index in [0.29, 0.717) is 19.3 Å². The molecule has 55 heavy (non-hydrogen) atoms. The molecule has 0 aromatic heterocycles. The van der Waals surface area contributed by atoms with Gasteiger partial charge >= 0.3 is 17.9 Å². The third-order valence-electron chi connectivity index (χ3n) is 10.2. The van der Waals surface area contributed by atoms with Crippen LogP contribution in [0, 0.1) is 0 Å². The molecule has 0 aliphatic rings. The number of carbonyl (C=O) groups is 3. The van der Waals surface area contributed by atoms with E-state index < -0.39 is 6.10 Å². The second-order valence-corrected chi connectivity index (χ2v) is 15.7. The molecule has 0 aliphatic heterocycles. The minimum Gasteiger partial charge on any atom is -0.462 e. The molecule has 0 heterocycles. The van der Waals surface area contributed by atoms with Gasteiger partial charge in [-0.05, 0) is 38.5 Å². The van der Waals surface area contributed by atoms with Crippen molar-refractivity contribution in [3.8, 4) is 0 Å². The van der Waals surface area contributed by atoms with Crippen molar-refractivity contribution in [2.45, 2.75) is 245 Å². The van der Waals surface area contributed by atoms with Crippen molar-refractivity contribution in [3.05, 3.63) is 36.5 Å². The number of rotatable bonds is 42. The van der Waals surface area contributed by atoms with Gasteiger partial charge in [-0.2, -0.15) is 0 Å². The summed E-state index contributed by atoms with van der Waals surface area (Å²) in [6, 6.07) is 0. The Morgan fingerprint density at radius 2 is 0.709 bits per heavy atom. The Morgan fingerprint density at radius 3 is 1.09 bits per heavy atom. The van der Waals surface area contributed by atoms with E-state index in [1.807, 2.05) is 0 Å². The lowest BCUT2D eigenvalue weighted by atomic mass is 10.1. The molecule has 0 bridgehead atoms. The minimum absolute atomic E-state index is 0.0725. The van der Waals surface area contributed by atoms with Gasteiger partial charge in [0.15, 0.2) is 6.10 Å². The van der Waals surface area contributed by atoms with Gasteiger partial charge in [-0.3, -0.25) is 14.4 Å². The van der Waals surface area contributed by atoms with Crippen LogP contribution in [0.1, 0.15) is 239 Å². The maximum Gasteiger partial charge on any atom is 0.306 e. The molecule has 0 fully saturated rings. The Hall–Kier alpha value is -2.37. The van der Waals surface area contributed by atoms with Crippen molar-refractivity contribution < 1.29 is 28.6 Å². The van der Waals surface area contributed by atoms with E-state index in [0.717, 1.165) is 70.6 Å². The van der Waals surface area contributed by atoms with E-state index in [4.69, 9.17) is 14.2 Å². The van der Waals surface area contributed by atoms with Crippen LogP contribution in [0.5, 0.6) is 0 Å². The number of ether oxygens (including phenoxy) is 3. The molecule has 0 spiro atoms. The fraction of sp³-hybridized carbons (Fsp3) is 0.816. The van der Waals surface area contributed by atoms with Crippen LogP contribution in [-0.2, 0) is 28.6 Å². The molecule has 0 saturated heterocycles. The summed E-state index contributed by atoms with van der Waals surface area (Å²) in [6.45, 7) is 6.49. The van der Waals surface area contributed by atoms with Crippen LogP contribution in [0.3, 0.4) is 0 Å². The second kappa shape index (κ2) is 44.3. The lowest BCUT2D eigenvalue weighted by Gasteiger charge is -2.18. The number of esters is 3. The third kappa shape index (κ3) is 42.6. The van der Waals surface area contributed by atoms with E-state index in [2.05, 4.69) is 57.2 Å². The van der Waals surface area contributed by atoms with Crippen LogP contribution >= 0.6 is 0 Å². The first kappa shape index (κ1) is 52.6. The van der Waals surface area contributed by atoms with E-state index in [-0.39, 0.29) is 31.1 Å². The Labute approximate surface area is 340 Å². The Balaban J connectivity index is 4.35. The largest absolute Gasteiger partial charge is 0.462 e. The van der Waals surface area contributed by atoms with E-state index in [1.165, 1.54) is 128 Å². The zero-order valence-corrected chi connectivity index (χ0v) is 36.4. The van der Waals surface area contributed by atoms with Crippen LogP contribution in [0.25, 0.3) is 0 Å². The van der Waals surface area contributed by atoms with Gasteiger partial charge in [-0.15, -0.1) is 0 Å². The molecule has 0 aromatic carbocycles. The first-order valence-corrected chi connectivity index (χ1v) is 23.5. The molecule has 0 radical (unpaired) electrons. The molecule has 0 saturated carbocycles. The van der Waals surface area contributed by atoms with Gasteiger partial charge in [0, 0.05) is 19.3 Å². The van der Waals surface area contributed by atoms with Crippen molar-refractivity contribution in [2.24, 2.45) is 0 Å². The van der Waals surface area contributed by atoms with Gasteiger partial charge in [0.25, 0.3) is 0 Å². The first-order chi connectivity index (χ1) is 27.0. The summed E-state index contributed by atoms with van der Waals surface area (Å²) < 4.78 is 16.7. The zero-order valence-electron chi connectivity index (χ0n) is 36.4. The molecule has 1 unspecified atom stereocenters. The number of carbonyl (C=O) groups excluding carboxylic acids is 3. The van der Waals surface area contributed by atoms with Gasteiger partial charge in [-0.1, -0.05) is 218 Å². The number of allylic oxidation sites excluding steroid dienone is 6. The van der Waals surface area contributed by atoms with Gasteiger partial charge < -0.3 is 14.2 Å². The van der Waals surface area contributed by atoms with Gasteiger partial charge in [0.1, 0.15) is 13.2 Å². The summed E-state index contributed by atoms with van der Waals surface area (Å²) in [7, 11) is 0. The van der Waals surface area contributed by atoms with Crippen LogP contribution < -0.4 is 0 Å². The van der Waals surface area contributed by atoms with E-state index in [9.17, 15) is 14.4 Å². The molecule has 6 nitrogen and oxygen atoms in total. The summed E-state index contributed by atoms with van der Waals surface area (Å²) in [5, 5.41) is 0. The van der Waals surface area contributed by atoms with E-state index >= 15 is 0 Å². The highest BCUT2D eigenvalue weighted by Gasteiger charge is 2.19. The highest BCUT2D eigenvalue weighted by atomic mass is 16.6. The topological polar surface area (TPSA) is 78.9 Å². The average Bonchev–Trinajstić information content (AvgIpc) is 3.18. The smallest absolute Gasteiger partial charge is 0.306 e. The molecule has 0 amide bonds. The average molecular weight is 773 g/mol. The van der Waals surface area contributed by atoms with Gasteiger partial charge in [0.2, 0.25) is 0 Å². The van der Waals surface area contributed by atoms with Crippen molar-refractivity contribution >= 4 is 17.9 Å². The first-order valence-electron chi connectivity index (χ1n) is 23.5. The van der Waals surface area contributed by atoms with Gasteiger partial charge in [0.05, 0.1) is 0 Å².